The monoisotopic (exact) mass is 100 g/mol. The molecule has 2 nitrogen and oxygen atoms in total. The Balaban J connectivity index is 2.33. The van der Waals surface area contributed by atoms with Crippen molar-refractivity contribution in [3.05, 3.63) is 0 Å². The Morgan fingerprint density at radius 1 is 1.71 bits per heavy atom. The minimum Gasteiger partial charge on any atom is -0.326 e. The van der Waals surface area contributed by atoms with Gasteiger partial charge < -0.3 is 11.1 Å². The van der Waals surface area contributed by atoms with Gasteiger partial charge in [0.25, 0.3) is 0 Å². The van der Waals surface area contributed by atoms with Gasteiger partial charge >= 0.3 is 0 Å². The van der Waals surface area contributed by atoms with Crippen LogP contribution in [0.1, 0.15) is 13.3 Å². The zero-order valence-corrected chi connectivity index (χ0v) is 4.65. The molecule has 0 radical (unpaired) electrons. The summed E-state index contributed by atoms with van der Waals surface area (Å²) in [6.07, 6.45) is 1.14. The Morgan fingerprint density at radius 2 is 2.43 bits per heavy atom. The van der Waals surface area contributed by atoms with Gasteiger partial charge in [-0.25, -0.2) is 0 Å². The van der Waals surface area contributed by atoms with Crippen molar-refractivity contribution in [2.75, 3.05) is 6.54 Å². The van der Waals surface area contributed by atoms with Crippen molar-refractivity contribution in [3.8, 4) is 0 Å². The number of hydrogen-bond donors (Lipinski definition) is 2. The quantitative estimate of drug-likeness (QED) is 0.438. The van der Waals surface area contributed by atoms with Gasteiger partial charge in [-0.3, -0.25) is 0 Å². The lowest BCUT2D eigenvalue weighted by atomic mass is 10.2. The van der Waals surface area contributed by atoms with Crippen LogP contribution in [0.2, 0.25) is 0 Å². The molecular weight excluding hydrogens is 88.1 g/mol. The summed E-state index contributed by atoms with van der Waals surface area (Å²) in [6.45, 7) is 3.22. The van der Waals surface area contributed by atoms with Crippen LogP contribution in [-0.2, 0) is 0 Å². The van der Waals surface area contributed by atoms with Crippen molar-refractivity contribution in [2.24, 2.45) is 5.73 Å². The van der Waals surface area contributed by atoms with E-state index in [-0.39, 0.29) is 0 Å². The lowest BCUT2D eigenvalue weighted by Gasteiger charge is -2.06. The van der Waals surface area contributed by atoms with Crippen LogP contribution in [0.3, 0.4) is 0 Å². The van der Waals surface area contributed by atoms with Crippen LogP contribution >= 0.6 is 0 Å². The van der Waals surface area contributed by atoms with Gasteiger partial charge in [0.15, 0.2) is 0 Å². The minimum absolute atomic E-state index is 0.403. The molecule has 1 fully saturated rings. The average molecular weight is 100 g/mol. The van der Waals surface area contributed by atoms with E-state index in [1.165, 1.54) is 0 Å². The Labute approximate surface area is 44.1 Å². The van der Waals surface area contributed by atoms with E-state index in [0.717, 1.165) is 13.0 Å². The predicted molar refractivity (Wildman–Crippen MR) is 30.1 cm³/mol. The summed E-state index contributed by atoms with van der Waals surface area (Å²) in [5.41, 5.74) is 5.62. The van der Waals surface area contributed by atoms with Gasteiger partial charge in [-0.2, -0.15) is 0 Å². The fraction of sp³-hybridized carbons (Fsp3) is 1.00. The van der Waals surface area contributed by atoms with Crippen molar-refractivity contribution >= 4 is 0 Å². The molecule has 1 heterocycles. The third-order valence-electron chi connectivity index (χ3n) is 1.59. The van der Waals surface area contributed by atoms with Gasteiger partial charge in [0.05, 0.1) is 0 Å². The molecule has 2 atom stereocenters. The van der Waals surface area contributed by atoms with Crippen molar-refractivity contribution in [1.82, 2.24) is 5.32 Å². The highest BCUT2D eigenvalue weighted by Crippen LogP contribution is 2.00. The molecule has 1 aliphatic heterocycles. The van der Waals surface area contributed by atoms with E-state index >= 15 is 0 Å². The summed E-state index contributed by atoms with van der Waals surface area (Å²) < 4.78 is 0. The molecule has 1 aliphatic rings. The molecule has 0 amide bonds. The number of nitrogens with one attached hydrogen (secondary N) is 1. The molecule has 0 aromatic carbocycles. The van der Waals surface area contributed by atoms with Crippen LogP contribution in [0, 0.1) is 0 Å². The van der Waals surface area contributed by atoms with Gasteiger partial charge in [-0.05, 0) is 19.9 Å². The first-order valence-corrected chi connectivity index (χ1v) is 2.79. The fourth-order valence-electron chi connectivity index (χ4n) is 0.879. The lowest BCUT2D eigenvalue weighted by Crippen LogP contribution is -2.32. The summed E-state index contributed by atoms with van der Waals surface area (Å²) >= 11 is 0. The molecule has 42 valence electrons. The van der Waals surface area contributed by atoms with E-state index in [1.54, 1.807) is 0 Å². The second-order valence-corrected chi connectivity index (χ2v) is 2.20. The molecule has 7 heavy (non-hydrogen) atoms. The smallest absolute Gasteiger partial charge is 0.0203 e. The third kappa shape index (κ3) is 0.924. The minimum atomic E-state index is 0.403. The molecule has 3 N–H and O–H groups in total. The second-order valence-electron chi connectivity index (χ2n) is 2.20. The van der Waals surface area contributed by atoms with Gasteiger partial charge in [-0.15, -0.1) is 0 Å². The second kappa shape index (κ2) is 1.80. The normalized spacial score (nSPS) is 42.0. The first kappa shape index (κ1) is 5.06. The van der Waals surface area contributed by atoms with E-state index in [9.17, 15) is 0 Å². The molecule has 1 unspecified atom stereocenters. The maximum Gasteiger partial charge on any atom is 0.0203 e. The summed E-state index contributed by atoms with van der Waals surface area (Å²) in [6, 6.07) is 0.944. The van der Waals surface area contributed by atoms with E-state index in [0.29, 0.717) is 12.1 Å². The van der Waals surface area contributed by atoms with Gasteiger partial charge in [0, 0.05) is 12.1 Å². The molecule has 1 rings (SSSR count). The Bertz CT molecular complexity index is 55.1. The van der Waals surface area contributed by atoms with Crippen LogP contribution < -0.4 is 11.1 Å². The van der Waals surface area contributed by atoms with Gasteiger partial charge in [-0.1, -0.05) is 0 Å². The lowest BCUT2D eigenvalue weighted by molar-refractivity contribution is 0.587. The average Bonchev–Trinajstić information content (AvgIpc) is 1.91. The summed E-state index contributed by atoms with van der Waals surface area (Å²) in [7, 11) is 0. The molecule has 1 saturated heterocycles. The highest BCUT2D eigenvalue weighted by Gasteiger charge is 2.17. The third-order valence-corrected chi connectivity index (χ3v) is 1.59. The van der Waals surface area contributed by atoms with E-state index in [4.69, 9.17) is 5.73 Å². The fourth-order valence-corrected chi connectivity index (χ4v) is 0.879. The molecule has 0 bridgehead atoms. The topological polar surface area (TPSA) is 38.0 Å². The van der Waals surface area contributed by atoms with Crippen LogP contribution in [0.4, 0.5) is 0 Å². The summed E-state index contributed by atoms with van der Waals surface area (Å²) in [5.74, 6) is 0. The molecule has 0 aliphatic carbocycles. The molecule has 0 aromatic rings. The first-order valence-electron chi connectivity index (χ1n) is 2.79. The van der Waals surface area contributed by atoms with Gasteiger partial charge in [0.1, 0.15) is 0 Å². The maximum atomic E-state index is 5.62. The standard InChI is InChI=1S/C5H12N2/c1-4-5(6)2-3-7-4/h4-5,7H,2-3,6H2,1H3/t4-,5?/m1/s1. The van der Waals surface area contributed by atoms with E-state index in [1.807, 2.05) is 0 Å². The Morgan fingerprint density at radius 3 is 2.57 bits per heavy atom. The Hall–Kier alpha value is -0.0800. The highest BCUT2D eigenvalue weighted by atomic mass is 15.0. The SMILES string of the molecule is C[C@H]1NCCC1N. The van der Waals surface area contributed by atoms with Crippen LogP contribution in [0.15, 0.2) is 0 Å². The van der Waals surface area contributed by atoms with Crippen molar-refractivity contribution in [2.45, 2.75) is 25.4 Å². The van der Waals surface area contributed by atoms with Crippen LogP contribution in [0.25, 0.3) is 0 Å². The van der Waals surface area contributed by atoms with Gasteiger partial charge in [0.2, 0.25) is 0 Å². The van der Waals surface area contributed by atoms with Crippen molar-refractivity contribution in [3.63, 3.8) is 0 Å². The van der Waals surface area contributed by atoms with Crippen LogP contribution in [0.5, 0.6) is 0 Å². The van der Waals surface area contributed by atoms with Crippen molar-refractivity contribution in [1.29, 1.82) is 0 Å². The zero-order valence-electron chi connectivity index (χ0n) is 4.65. The molecule has 0 aromatic heterocycles. The Kier molecular flexibility index (Phi) is 1.30. The largest absolute Gasteiger partial charge is 0.326 e. The maximum absolute atomic E-state index is 5.62. The van der Waals surface area contributed by atoms with Crippen LogP contribution in [-0.4, -0.2) is 18.6 Å². The molecule has 0 spiro atoms. The summed E-state index contributed by atoms with van der Waals surface area (Å²) in [4.78, 5) is 0. The molecule has 0 saturated carbocycles. The number of nitrogens with two attached hydrogens (primary N) is 1. The zero-order chi connectivity index (χ0) is 5.28. The summed E-state index contributed by atoms with van der Waals surface area (Å²) in [5, 5.41) is 3.24. The predicted octanol–water partition coefficient (Wildman–Crippen LogP) is -0.305. The highest BCUT2D eigenvalue weighted by molar-refractivity contribution is 4.82. The van der Waals surface area contributed by atoms with E-state index < -0.39 is 0 Å². The first-order chi connectivity index (χ1) is 3.30. The number of hydrogen-bond acceptors (Lipinski definition) is 2. The molecular formula is C5H12N2. The number of rotatable bonds is 0. The van der Waals surface area contributed by atoms with E-state index in [2.05, 4.69) is 12.2 Å². The van der Waals surface area contributed by atoms with Crippen molar-refractivity contribution < 1.29 is 0 Å². The molecule has 2 heteroatoms.